The average Bonchev–Trinajstić information content (AvgIpc) is 2.62. The molecule has 0 bridgehead atoms. The van der Waals surface area contributed by atoms with E-state index in [1.807, 2.05) is 12.3 Å². The Morgan fingerprint density at radius 2 is 1.86 bits per heavy atom. The summed E-state index contributed by atoms with van der Waals surface area (Å²) in [5.41, 5.74) is 5.90. The highest BCUT2D eigenvalue weighted by Crippen LogP contribution is 2.31. The molecule has 1 unspecified atom stereocenters. The highest BCUT2D eigenvalue weighted by molar-refractivity contribution is 5.59. The van der Waals surface area contributed by atoms with Crippen LogP contribution in [0.3, 0.4) is 0 Å². The lowest BCUT2D eigenvalue weighted by Gasteiger charge is -2.23. The third-order valence-corrected chi connectivity index (χ3v) is 4.34. The Balaban J connectivity index is 1.66. The predicted octanol–water partition coefficient (Wildman–Crippen LogP) is 3.81. The molecular weight excluding hydrogens is 270 g/mol. The number of hydrogen-bond donors (Lipinski definition) is 0. The van der Waals surface area contributed by atoms with Gasteiger partial charge in [-0.15, -0.1) is 0 Å². The largest absolute Gasteiger partial charge is 0.261 e. The van der Waals surface area contributed by atoms with E-state index in [9.17, 15) is 0 Å². The van der Waals surface area contributed by atoms with Crippen molar-refractivity contribution in [3.63, 3.8) is 0 Å². The number of nitrogens with zero attached hydrogens (tertiary/aromatic N) is 3. The SMILES string of the molecule is c1ccc(-c2ccc3c(n2)CC(c2cnccn2)CC3)cc1. The standard InChI is InChI=1S/C19H17N3/c1-2-4-14(5-3-1)17-9-8-15-6-7-16(12-18(15)22-17)19-13-20-10-11-21-19/h1-5,8-11,13,16H,6-7,12H2. The summed E-state index contributed by atoms with van der Waals surface area (Å²) in [4.78, 5) is 13.6. The highest BCUT2D eigenvalue weighted by atomic mass is 14.8. The van der Waals surface area contributed by atoms with E-state index in [4.69, 9.17) is 4.98 Å². The van der Waals surface area contributed by atoms with Crippen molar-refractivity contribution in [2.45, 2.75) is 25.2 Å². The van der Waals surface area contributed by atoms with Gasteiger partial charge in [-0.05, 0) is 30.9 Å². The summed E-state index contributed by atoms with van der Waals surface area (Å²) >= 11 is 0. The van der Waals surface area contributed by atoms with E-state index in [0.29, 0.717) is 5.92 Å². The van der Waals surface area contributed by atoms with Crippen molar-refractivity contribution >= 4 is 0 Å². The lowest BCUT2D eigenvalue weighted by Crippen LogP contribution is -2.15. The van der Waals surface area contributed by atoms with Gasteiger partial charge in [0.25, 0.3) is 0 Å². The minimum atomic E-state index is 0.430. The van der Waals surface area contributed by atoms with Gasteiger partial charge in [0.2, 0.25) is 0 Å². The molecule has 3 nitrogen and oxygen atoms in total. The Labute approximate surface area is 130 Å². The van der Waals surface area contributed by atoms with Crippen molar-refractivity contribution in [1.82, 2.24) is 15.0 Å². The summed E-state index contributed by atoms with van der Waals surface area (Å²) in [5.74, 6) is 0.430. The first kappa shape index (κ1) is 13.1. The topological polar surface area (TPSA) is 38.7 Å². The van der Waals surface area contributed by atoms with Gasteiger partial charge in [-0.25, -0.2) is 0 Å². The Hall–Kier alpha value is -2.55. The Kier molecular flexibility index (Phi) is 3.39. The van der Waals surface area contributed by atoms with Crippen LogP contribution in [-0.2, 0) is 12.8 Å². The summed E-state index contributed by atoms with van der Waals surface area (Å²) in [6, 6.07) is 14.7. The second-order valence-electron chi connectivity index (χ2n) is 5.74. The van der Waals surface area contributed by atoms with Crippen LogP contribution in [0.5, 0.6) is 0 Å². The van der Waals surface area contributed by atoms with Crippen molar-refractivity contribution in [1.29, 1.82) is 0 Å². The first-order valence-electron chi connectivity index (χ1n) is 7.70. The molecule has 108 valence electrons. The maximum absolute atomic E-state index is 4.91. The number of rotatable bonds is 2. The predicted molar refractivity (Wildman–Crippen MR) is 86.5 cm³/mol. The van der Waals surface area contributed by atoms with Crippen LogP contribution < -0.4 is 0 Å². The molecule has 0 amide bonds. The fourth-order valence-corrected chi connectivity index (χ4v) is 3.14. The third-order valence-electron chi connectivity index (χ3n) is 4.34. The molecule has 0 fully saturated rings. The molecule has 1 atom stereocenters. The van der Waals surface area contributed by atoms with Crippen molar-refractivity contribution < 1.29 is 0 Å². The van der Waals surface area contributed by atoms with Gasteiger partial charge < -0.3 is 0 Å². The normalized spacial score (nSPS) is 17.0. The Bertz CT molecular complexity index is 769. The van der Waals surface area contributed by atoms with Crippen LogP contribution >= 0.6 is 0 Å². The number of fused-ring (bicyclic) bond motifs is 1. The molecule has 22 heavy (non-hydrogen) atoms. The van der Waals surface area contributed by atoms with Gasteiger partial charge in [0.05, 0.1) is 11.4 Å². The molecule has 1 aromatic carbocycles. The smallest absolute Gasteiger partial charge is 0.0705 e. The molecule has 1 aliphatic carbocycles. The zero-order chi connectivity index (χ0) is 14.8. The van der Waals surface area contributed by atoms with E-state index in [1.165, 1.54) is 16.8 Å². The summed E-state index contributed by atoms with van der Waals surface area (Å²) in [6.45, 7) is 0. The number of aromatic nitrogens is 3. The van der Waals surface area contributed by atoms with E-state index < -0.39 is 0 Å². The van der Waals surface area contributed by atoms with Gasteiger partial charge in [0, 0.05) is 35.8 Å². The van der Waals surface area contributed by atoms with E-state index in [1.54, 1.807) is 12.4 Å². The Morgan fingerprint density at radius 1 is 0.955 bits per heavy atom. The fraction of sp³-hybridized carbons (Fsp3) is 0.211. The van der Waals surface area contributed by atoms with Crippen LogP contribution in [0, 0.1) is 0 Å². The summed E-state index contributed by atoms with van der Waals surface area (Å²) in [7, 11) is 0. The average molecular weight is 287 g/mol. The zero-order valence-corrected chi connectivity index (χ0v) is 12.3. The minimum absolute atomic E-state index is 0.430. The van der Waals surface area contributed by atoms with Crippen LogP contribution in [0.25, 0.3) is 11.3 Å². The molecule has 0 spiro atoms. The number of benzene rings is 1. The van der Waals surface area contributed by atoms with Crippen molar-refractivity contribution in [3.05, 3.63) is 78.0 Å². The molecule has 3 heteroatoms. The van der Waals surface area contributed by atoms with Gasteiger partial charge in [-0.2, -0.15) is 0 Å². The molecule has 2 heterocycles. The van der Waals surface area contributed by atoms with E-state index in [2.05, 4.69) is 46.4 Å². The molecule has 2 aromatic heterocycles. The second kappa shape index (κ2) is 5.68. The minimum Gasteiger partial charge on any atom is -0.261 e. The summed E-state index contributed by atoms with van der Waals surface area (Å²) < 4.78 is 0. The number of aryl methyl sites for hydroxylation is 1. The first-order chi connectivity index (χ1) is 10.9. The fourth-order valence-electron chi connectivity index (χ4n) is 3.14. The van der Waals surface area contributed by atoms with E-state index >= 15 is 0 Å². The van der Waals surface area contributed by atoms with Crippen molar-refractivity contribution in [2.24, 2.45) is 0 Å². The second-order valence-corrected chi connectivity index (χ2v) is 5.74. The Morgan fingerprint density at radius 3 is 2.68 bits per heavy atom. The van der Waals surface area contributed by atoms with Gasteiger partial charge in [-0.1, -0.05) is 36.4 Å². The number of hydrogen-bond acceptors (Lipinski definition) is 3. The zero-order valence-electron chi connectivity index (χ0n) is 12.3. The van der Waals surface area contributed by atoms with E-state index in [0.717, 1.165) is 30.7 Å². The third kappa shape index (κ3) is 2.50. The molecular formula is C19H17N3. The molecule has 0 saturated heterocycles. The quantitative estimate of drug-likeness (QED) is 0.719. The van der Waals surface area contributed by atoms with Gasteiger partial charge in [0.1, 0.15) is 0 Å². The molecule has 0 radical (unpaired) electrons. The summed E-state index contributed by atoms with van der Waals surface area (Å²) in [5, 5.41) is 0. The molecule has 0 saturated carbocycles. The van der Waals surface area contributed by atoms with Crippen LogP contribution in [0.2, 0.25) is 0 Å². The lowest BCUT2D eigenvalue weighted by molar-refractivity contribution is 0.558. The van der Waals surface area contributed by atoms with Crippen LogP contribution in [-0.4, -0.2) is 15.0 Å². The van der Waals surface area contributed by atoms with Gasteiger partial charge in [-0.3, -0.25) is 15.0 Å². The van der Waals surface area contributed by atoms with Crippen molar-refractivity contribution in [3.8, 4) is 11.3 Å². The van der Waals surface area contributed by atoms with Crippen LogP contribution in [0.15, 0.2) is 61.1 Å². The maximum atomic E-state index is 4.91. The van der Waals surface area contributed by atoms with E-state index in [-0.39, 0.29) is 0 Å². The van der Waals surface area contributed by atoms with Crippen LogP contribution in [0.4, 0.5) is 0 Å². The lowest BCUT2D eigenvalue weighted by atomic mass is 9.85. The first-order valence-corrected chi connectivity index (χ1v) is 7.70. The number of pyridine rings is 1. The van der Waals surface area contributed by atoms with Crippen molar-refractivity contribution in [2.75, 3.05) is 0 Å². The van der Waals surface area contributed by atoms with Crippen LogP contribution in [0.1, 0.15) is 29.3 Å². The monoisotopic (exact) mass is 287 g/mol. The molecule has 0 N–H and O–H groups in total. The molecule has 4 rings (SSSR count). The highest BCUT2D eigenvalue weighted by Gasteiger charge is 2.22. The molecule has 0 aliphatic heterocycles. The van der Waals surface area contributed by atoms with Gasteiger partial charge in [0.15, 0.2) is 0 Å². The molecule has 1 aliphatic rings. The maximum Gasteiger partial charge on any atom is 0.0705 e. The molecule has 3 aromatic rings. The summed E-state index contributed by atoms with van der Waals surface area (Å²) in [6.07, 6.45) is 8.53. The van der Waals surface area contributed by atoms with Gasteiger partial charge >= 0.3 is 0 Å².